The van der Waals surface area contributed by atoms with Crippen LogP contribution in [0.5, 0.6) is 0 Å². The molecule has 1 aromatic heterocycles. The van der Waals surface area contributed by atoms with E-state index in [0.29, 0.717) is 6.54 Å². The SMILES string of the molecule is O[C@H]1CN(c2cc(Nc3ccccc3-c3ccccc3)ncn2)CC[C@@H]1N1CCc2ccccc2C1. The maximum atomic E-state index is 11.1. The highest BCUT2D eigenvalue weighted by Gasteiger charge is 2.34. The molecule has 4 aromatic rings. The van der Waals surface area contributed by atoms with Crippen molar-refractivity contribution in [1.29, 1.82) is 0 Å². The average molecular weight is 478 g/mol. The number of aliphatic hydroxyl groups is 1. The van der Waals surface area contributed by atoms with Crippen LogP contribution in [0.15, 0.2) is 91.3 Å². The Kier molecular flexibility index (Phi) is 6.36. The first-order chi connectivity index (χ1) is 17.7. The quantitative estimate of drug-likeness (QED) is 0.427. The average Bonchev–Trinajstić information content (AvgIpc) is 2.94. The smallest absolute Gasteiger partial charge is 0.135 e. The van der Waals surface area contributed by atoms with Gasteiger partial charge >= 0.3 is 0 Å². The second-order valence-corrected chi connectivity index (χ2v) is 9.66. The van der Waals surface area contributed by atoms with Crippen LogP contribution in [-0.4, -0.2) is 51.8 Å². The number of benzene rings is 3. The van der Waals surface area contributed by atoms with Crippen molar-refractivity contribution in [2.24, 2.45) is 0 Å². The van der Waals surface area contributed by atoms with E-state index in [4.69, 9.17) is 0 Å². The Balaban J connectivity index is 1.15. The van der Waals surface area contributed by atoms with E-state index < -0.39 is 6.10 Å². The van der Waals surface area contributed by atoms with Crippen LogP contribution in [0.25, 0.3) is 11.1 Å². The van der Waals surface area contributed by atoms with E-state index in [9.17, 15) is 5.11 Å². The number of rotatable bonds is 5. The van der Waals surface area contributed by atoms with Gasteiger partial charge in [-0.05, 0) is 35.6 Å². The summed E-state index contributed by atoms with van der Waals surface area (Å²) in [5, 5.41) is 14.6. The molecule has 0 saturated carbocycles. The van der Waals surface area contributed by atoms with Crippen LogP contribution in [0.2, 0.25) is 0 Å². The van der Waals surface area contributed by atoms with Crippen LogP contribution in [0.4, 0.5) is 17.3 Å². The lowest BCUT2D eigenvalue weighted by molar-refractivity contribution is 0.0293. The first-order valence-corrected chi connectivity index (χ1v) is 12.7. The molecule has 0 radical (unpaired) electrons. The van der Waals surface area contributed by atoms with Crippen molar-refractivity contribution < 1.29 is 5.11 Å². The second-order valence-electron chi connectivity index (χ2n) is 9.66. The molecule has 2 aliphatic rings. The number of aliphatic hydroxyl groups excluding tert-OH is 1. The highest BCUT2D eigenvalue weighted by Crippen LogP contribution is 2.31. The van der Waals surface area contributed by atoms with Crippen LogP contribution in [0, 0.1) is 0 Å². The fourth-order valence-electron chi connectivity index (χ4n) is 5.54. The largest absolute Gasteiger partial charge is 0.390 e. The van der Waals surface area contributed by atoms with Crippen molar-refractivity contribution in [1.82, 2.24) is 14.9 Å². The number of hydrogen-bond donors (Lipinski definition) is 2. The molecule has 0 aliphatic carbocycles. The topological polar surface area (TPSA) is 64.5 Å². The number of nitrogens with zero attached hydrogens (tertiary/aromatic N) is 4. The third-order valence-electron chi connectivity index (χ3n) is 7.43. The number of anilines is 3. The zero-order valence-electron chi connectivity index (χ0n) is 20.3. The van der Waals surface area contributed by atoms with Gasteiger partial charge in [0.2, 0.25) is 0 Å². The van der Waals surface area contributed by atoms with E-state index in [2.05, 4.69) is 73.6 Å². The molecule has 1 saturated heterocycles. The summed E-state index contributed by atoms with van der Waals surface area (Å²) in [6.45, 7) is 3.35. The Hall–Kier alpha value is -3.74. The number of hydrogen-bond acceptors (Lipinski definition) is 6. The van der Waals surface area contributed by atoms with Crippen molar-refractivity contribution >= 4 is 17.3 Å². The van der Waals surface area contributed by atoms with Gasteiger partial charge in [-0.15, -0.1) is 0 Å². The van der Waals surface area contributed by atoms with Gasteiger partial charge < -0.3 is 15.3 Å². The summed E-state index contributed by atoms with van der Waals surface area (Å²) < 4.78 is 0. The summed E-state index contributed by atoms with van der Waals surface area (Å²) in [6.07, 6.45) is 3.14. The van der Waals surface area contributed by atoms with Crippen molar-refractivity contribution in [2.45, 2.75) is 31.5 Å². The highest BCUT2D eigenvalue weighted by molar-refractivity contribution is 5.80. The number of piperidine rings is 1. The fourth-order valence-corrected chi connectivity index (χ4v) is 5.54. The maximum Gasteiger partial charge on any atom is 0.135 e. The molecule has 36 heavy (non-hydrogen) atoms. The van der Waals surface area contributed by atoms with E-state index in [1.54, 1.807) is 6.33 Å². The number of fused-ring (bicyclic) bond motifs is 1. The van der Waals surface area contributed by atoms with Crippen LogP contribution >= 0.6 is 0 Å². The Morgan fingerprint density at radius 3 is 2.47 bits per heavy atom. The van der Waals surface area contributed by atoms with Gasteiger partial charge in [0.05, 0.1) is 6.10 Å². The van der Waals surface area contributed by atoms with Gasteiger partial charge in [0, 0.05) is 49.5 Å². The van der Waals surface area contributed by atoms with Crippen molar-refractivity contribution in [3.05, 3.63) is 102 Å². The van der Waals surface area contributed by atoms with Crippen LogP contribution in [-0.2, 0) is 13.0 Å². The lowest BCUT2D eigenvalue weighted by Crippen LogP contribution is -2.55. The summed E-state index contributed by atoms with van der Waals surface area (Å²) in [6, 6.07) is 29.4. The minimum absolute atomic E-state index is 0.173. The summed E-state index contributed by atoms with van der Waals surface area (Å²) in [5.74, 6) is 1.58. The Morgan fingerprint density at radius 1 is 0.833 bits per heavy atom. The van der Waals surface area contributed by atoms with E-state index in [1.165, 1.54) is 11.1 Å². The van der Waals surface area contributed by atoms with Gasteiger partial charge in [0.1, 0.15) is 18.0 Å². The standard InChI is InChI=1S/C30H31N5O/c36-28-20-35(17-15-27(28)34-16-14-22-8-4-5-11-24(22)19-34)30-18-29(31-21-32-30)33-26-13-7-6-12-25(26)23-9-2-1-3-10-23/h1-13,18,21,27-28,36H,14-17,19-20H2,(H,31,32,33)/t27-,28-/m0/s1. The molecule has 0 amide bonds. The lowest BCUT2D eigenvalue weighted by Gasteiger charge is -2.43. The van der Waals surface area contributed by atoms with E-state index in [-0.39, 0.29) is 6.04 Å². The van der Waals surface area contributed by atoms with Crippen LogP contribution in [0.1, 0.15) is 17.5 Å². The summed E-state index contributed by atoms with van der Waals surface area (Å²) in [4.78, 5) is 13.6. The Bertz CT molecular complexity index is 1330. The number of para-hydroxylation sites is 1. The zero-order chi connectivity index (χ0) is 24.3. The van der Waals surface area contributed by atoms with Gasteiger partial charge in [-0.2, -0.15) is 0 Å². The summed E-state index contributed by atoms with van der Waals surface area (Å²) in [5.41, 5.74) is 6.10. The molecule has 3 heterocycles. The third kappa shape index (κ3) is 4.70. The molecule has 2 aliphatic heterocycles. The highest BCUT2D eigenvalue weighted by atomic mass is 16.3. The van der Waals surface area contributed by atoms with Crippen molar-refractivity contribution in [2.75, 3.05) is 29.9 Å². The van der Waals surface area contributed by atoms with Gasteiger partial charge in [0.15, 0.2) is 0 Å². The molecule has 182 valence electrons. The van der Waals surface area contributed by atoms with E-state index >= 15 is 0 Å². The molecular formula is C30H31N5O. The Morgan fingerprint density at radius 2 is 1.61 bits per heavy atom. The van der Waals surface area contributed by atoms with Gasteiger partial charge in [-0.3, -0.25) is 4.90 Å². The summed E-state index contributed by atoms with van der Waals surface area (Å²) >= 11 is 0. The number of aromatic nitrogens is 2. The molecule has 6 heteroatoms. The molecule has 0 bridgehead atoms. The van der Waals surface area contributed by atoms with Gasteiger partial charge in [-0.25, -0.2) is 9.97 Å². The molecule has 1 fully saturated rings. The van der Waals surface area contributed by atoms with Crippen molar-refractivity contribution in [3.63, 3.8) is 0 Å². The molecule has 0 spiro atoms. The van der Waals surface area contributed by atoms with Crippen molar-refractivity contribution in [3.8, 4) is 11.1 Å². The van der Waals surface area contributed by atoms with Gasteiger partial charge in [0.25, 0.3) is 0 Å². The molecule has 6 rings (SSSR count). The normalized spacial score (nSPS) is 20.1. The molecule has 2 atom stereocenters. The predicted molar refractivity (Wildman–Crippen MR) is 144 cm³/mol. The molecule has 3 aromatic carbocycles. The second kappa shape index (κ2) is 10.1. The lowest BCUT2D eigenvalue weighted by atomic mass is 9.94. The summed E-state index contributed by atoms with van der Waals surface area (Å²) in [7, 11) is 0. The molecule has 6 nitrogen and oxygen atoms in total. The minimum Gasteiger partial charge on any atom is -0.390 e. The van der Waals surface area contributed by atoms with E-state index in [1.807, 2.05) is 36.4 Å². The number of nitrogens with one attached hydrogen (secondary N) is 1. The van der Waals surface area contributed by atoms with Crippen LogP contribution in [0.3, 0.4) is 0 Å². The number of β-amino-alcohol motifs (C(OH)–C–C–N with tert-alkyl or cyclic N) is 1. The monoisotopic (exact) mass is 477 g/mol. The molecule has 0 unspecified atom stereocenters. The van der Waals surface area contributed by atoms with Gasteiger partial charge in [-0.1, -0.05) is 72.8 Å². The molecular weight excluding hydrogens is 446 g/mol. The maximum absolute atomic E-state index is 11.1. The Labute approximate surface area is 212 Å². The third-order valence-corrected chi connectivity index (χ3v) is 7.43. The fraction of sp³-hybridized carbons (Fsp3) is 0.267. The van der Waals surface area contributed by atoms with Crippen LogP contribution < -0.4 is 10.2 Å². The first kappa shape index (κ1) is 22.7. The minimum atomic E-state index is -0.422. The predicted octanol–water partition coefficient (Wildman–Crippen LogP) is 4.89. The van der Waals surface area contributed by atoms with E-state index in [0.717, 1.165) is 60.9 Å². The molecule has 2 N–H and O–H groups in total. The zero-order valence-corrected chi connectivity index (χ0v) is 20.3. The first-order valence-electron chi connectivity index (χ1n) is 12.7.